The Labute approximate surface area is 153 Å². The van der Waals surface area contributed by atoms with Crippen LogP contribution >= 0.6 is 0 Å². The molecule has 2 rings (SSSR count). The van der Waals surface area contributed by atoms with Crippen LogP contribution in [-0.4, -0.2) is 43.5 Å². The van der Waals surface area contributed by atoms with Crippen LogP contribution in [0.1, 0.15) is 12.5 Å². The topological polar surface area (TPSA) is 67.9 Å². The van der Waals surface area contributed by atoms with E-state index >= 15 is 0 Å². The van der Waals surface area contributed by atoms with Crippen LogP contribution in [0.2, 0.25) is 0 Å². The molecular formula is C20H24N2O4. The lowest BCUT2D eigenvalue weighted by Gasteiger charge is -2.22. The number of nitrogens with zero attached hydrogens (tertiary/aromatic N) is 1. The van der Waals surface area contributed by atoms with Crippen LogP contribution in [0.15, 0.2) is 48.5 Å². The fourth-order valence-electron chi connectivity index (χ4n) is 2.45. The monoisotopic (exact) mass is 356 g/mol. The SMILES string of the molecule is COc1cccc(NC(=O)CN(C)C(=O)[C@@H](C)Oc2cccc(C)c2)c1. The number of likely N-dealkylation sites (N-methyl/N-ethyl adjacent to an activating group) is 1. The first-order valence-corrected chi connectivity index (χ1v) is 8.31. The quantitative estimate of drug-likeness (QED) is 0.828. The van der Waals surface area contributed by atoms with Crippen LogP contribution < -0.4 is 14.8 Å². The van der Waals surface area contributed by atoms with Crippen LogP contribution in [0.5, 0.6) is 11.5 Å². The Morgan fingerprint density at radius 2 is 1.81 bits per heavy atom. The number of hydrogen-bond donors (Lipinski definition) is 1. The number of carbonyl (C=O) groups excluding carboxylic acids is 2. The number of anilines is 1. The van der Waals surface area contributed by atoms with Crippen molar-refractivity contribution in [2.24, 2.45) is 0 Å². The third-order valence-corrected chi connectivity index (χ3v) is 3.76. The zero-order valence-electron chi connectivity index (χ0n) is 15.5. The van der Waals surface area contributed by atoms with Gasteiger partial charge in [0.25, 0.3) is 5.91 Å². The Balaban J connectivity index is 1.89. The van der Waals surface area contributed by atoms with Crippen LogP contribution in [0.25, 0.3) is 0 Å². The van der Waals surface area contributed by atoms with Gasteiger partial charge in [-0.15, -0.1) is 0 Å². The number of nitrogens with one attached hydrogen (secondary N) is 1. The van der Waals surface area contributed by atoms with Gasteiger partial charge in [-0.25, -0.2) is 0 Å². The summed E-state index contributed by atoms with van der Waals surface area (Å²) in [7, 11) is 3.13. The average Bonchev–Trinajstić information content (AvgIpc) is 2.61. The largest absolute Gasteiger partial charge is 0.497 e. The van der Waals surface area contributed by atoms with Gasteiger partial charge < -0.3 is 19.7 Å². The Kier molecular flexibility index (Phi) is 6.60. The zero-order chi connectivity index (χ0) is 19.1. The molecular weight excluding hydrogens is 332 g/mol. The maximum absolute atomic E-state index is 12.4. The van der Waals surface area contributed by atoms with Gasteiger partial charge in [0.15, 0.2) is 6.10 Å². The van der Waals surface area contributed by atoms with Gasteiger partial charge in [-0.05, 0) is 43.7 Å². The van der Waals surface area contributed by atoms with Crippen LogP contribution in [-0.2, 0) is 9.59 Å². The highest BCUT2D eigenvalue weighted by molar-refractivity contribution is 5.95. The number of aryl methyl sites for hydroxylation is 1. The van der Waals surface area contributed by atoms with E-state index in [2.05, 4.69) is 5.32 Å². The maximum Gasteiger partial charge on any atom is 0.263 e. The predicted octanol–water partition coefficient (Wildman–Crippen LogP) is 2.87. The summed E-state index contributed by atoms with van der Waals surface area (Å²) in [4.78, 5) is 25.9. The molecule has 0 spiro atoms. The molecule has 0 fully saturated rings. The summed E-state index contributed by atoms with van der Waals surface area (Å²) < 4.78 is 10.8. The second-order valence-corrected chi connectivity index (χ2v) is 6.05. The second-order valence-electron chi connectivity index (χ2n) is 6.05. The number of ether oxygens (including phenoxy) is 2. The molecule has 0 aliphatic rings. The van der Waals surface area contributed by atoms with Gasteiger partial charge in [-0.2, -0.15) is 0 Å². The predicted molar refractivity (Wildman–Crippen MR) is 101 cm³/mol. The Hall–Kier alpha value is -3.02. The van der Waals surface area contributed by atoms with Gasteiger partial charge in [-0.1, -0.05) is 18.2 Å². The maximum atomic E-state index is 12.4. The molecule has 0 heterocycles. The van der Waals surface area contributed by atoms with Crippen molar-refractivity contribution < 1.29 is 19.1 Å². The van der Waals surface area contributed by atoms with E-state index in [1.54, 1.807) is 51.4 Å². The van der Waals surface area contributed by atoms with Crippen LogP contribution in [0, 0.1) is 6.92 Å². The van der Waals surface area contributed by atoms with Crippen molar-refractivity contribution in [2.75, 3.05) is 26.0 Å². The van der Waals surface area contributed by atoms with Gasteiger partial charge in [0.1, 0.15) is 11.5 Å². The minimum Gasteiger partial charge on any atom is -0.497 e. The molecule has 138 valence electrons. The first kappa shape index (κ1) is 19.3. The lowest BCUT2D eigenvalue weighted by Crippen LogP contribution is -2.42. The fraction of sp³-hybridized carbons (Fsp3) is 0.300. The molecule has 0 aliphatic heterocycles. The molecule has 0 unspecified atom stereocenters. The summed E-state index contributed by atoms with van der Waals surface area (Å²) in [5.41, 5.74) is 1.66. The van der Waals surface area contributed by atoms with E-state index in [0.29, 0.717) is 17.2 Å². The molecule has 0 bridgehead atoms. The first-order chi connectivity index (χ1) is 12.4. The number of benzene rings is 2. The molecule has 6 heteroatoms. The zero-order valence-corrected chi connectivity index (χ0v) is 15.5. The summed E-state index contributed by atoms with van der Waals surface area (Å²) in [5.74, 6) is 0.705. The standard InChI is InChI=1S/C20H24N2O4/c1-14-7-5-10-18(11-14)26-15(2)20(24)22(3)13-19(23)21-16-8-6-9-17(12-16)25-4/h5-12,15H,13H2,1-4H3,(H,21,23)/t15-/m1/s1. The second kappa shape index (κ2) is 8.89. The smallest absolute Gasteiger partial charge is 0.263 e. The van der Waals surface area contributed by atoms with Crippen molar-refractivity contribution in [2.45, 2.75) is 20.0 Å². The first-order valence-electron chi connectivity index (χ1n) is 8.31. The van der Waals surface area contributed by atoms with Crippen LogP contribution in [0.3, 0.4) is 0 Å². The summed E-state index contributed by atoms with van der Waals surface area (Å²) in [5, 5.41) is 2.74. The fourth-order valence-corrected chi connectivity index (χ4v) is 2.45. The van der Waals surface area contributed by atoms with E-state index in [1.165, 1.54) is 4.90 Å². The van der Waals surface area contributed by atoms with Gasteiger partial charge in [0, 0.05) is 18.8 Å². The van der Waals surface area contributed by atoms with Crippen molar-refractivity contribution in [3.05, 3.63) is 54.1 Å². The Morgan fingerprint density at radius 3 is 2.50 bits per heavy atom. The molecule has 1 N–H and O–H groups in total. The molecule has 2 aromatic rings. The molecule has 0 saturated heterocycles. The highest BCUT2D eigenvalue weighted by Crippen LogP contribution is 2.17. The lowest BCUT2D eigenvalue weighted by atomic mass is 10.2. The van der Waals surface area contributed by atoms with Crippen molar-refractivity contribution in [1.29, 1.82) is 0 Å². The normalized spacial score (nSPS) is 11.4. The molecule has 0 radical (unpaired) electrons. The molecule has 0 saturated carbocycles. The van der Waals surface area contributed by atoms with Crippen molar-refractivity contribution in [3.8, 4) is 11.5 Å². The van der Waals surface area contributed by atoms with Crippen molar-refractivity contribution in [1.82, 2.24) is 4.90 Å². The van der Waals surface area contributed by atoms with Gasteiger partial charge >= 0.3 is 0 Å². The number of methoxy groups -OCH3 is 1. The Morgan fingerprint density at radius 1 is 1.12 bits per heavy atom. The van der Waals surface area contributed by atoms with E-state index in [1.807, 2.05) is 25.1 Å². The Bertz CT molecular complexity index is 776. The minimum absolute atomic E-state index is 0.0719. The van der Waals surface area contributed by atoms with Gasteiger partial charge in [-0.3, -0.25) is 9.59 Å². The van der Waals surface area contributed by atoms with Crippen molar-refractivity contribution in [3.63, 3.8) is 0 Å². The van der Waals surface area contributed by atoms with Gasteiger partial charge in [0.2, 0.25) is 5.91 Å². The number of hydrogen-bond acceptors (Lipinski definition) is 4. The average molecular weight is 356 g/mol. The molecule has 6 nitrogen and oxygen atoms in total. The molecule has 2 aromatic carbocycles. The third kappa shape index (κ3) is 5.51. The summed E-state index contributed by atoms with van der Waals surface area (Å²) in [6.07, 6.45) is -0.689. The molecule has 26 heavy (non-hydrogen) atoms. The number of amides is 2. The number of carbonyl (C=O) groups is 2. The summed E-state index contributed by atoms with van der Waals surface area (Å²) in [6.45, 7) is 3.55. The molecule has 0 aliphatic carbocycles. The van der Waals surface area contributed by atoms with E-state index in [4.69, 9.17) is 9.47 Å². The van der Waals surface area contributed by atoms with E-state index < -0.39 is 6.10 Å². The van der Waals surface area contributed by atoms with E-state index in [-0.39, 0.29) is 18.4 Å². The minimum atomic E-state index is -0.689. The molecule has 1 atom stereocenters. The third-order valence-electron chi connectivity index (χ3n) is 3.76. The lowest BCUT2D eigenvalue weighted by molar-refractivity contribution is -0.139. The summed E-state index contributed by atoms with van der Waals surface area (Å²) >= 11 is 0. The van der Waals surface area contributed by atoms with E-state index in [0.717, 1.165) is 5.56 Å². The highest BCUT2D eigenvalue weighted by Gasteiger charge is 2.21. The van der Waals surface area contributed by atoms with Gasteiger partial charge in [0.05, 0.1) is 13.7 Å². The molecule has 0 aromatic heterocycles. The van der Waals surface area contributed by atoms with Crippen molar-refractivity contribution >= 4 is 17.5 Å². The van der Waals surface area contributed by atoms with E-state index in [9.17, 15) is 9.59 Å². The highest BCUT2D eigenvalue weighted by atomic mass is 16.5. The summed E-state index contributed by atoms with van der Waals surface area (Å²) in [6, 6.07) is 14.5. The number of rotatable bonds is 7. The molecule has 2 amide bonds. The van der Waals surface area contributed by atoms with Crippen LogP contribution in [0.4, 0.5) is 5.69 Å².